The van der Waals surface area contributed by atoms with Gasteiger partial charge in [-0.2, -0.15) is 0 Å². The molecule has 0 atom stereocenters. The summed E-state index contributed by atoms with van der Waals surface area (Å²) in [7, 11) is 0. The average Bonchev–Trinajstić information content (AvgIpc) is 1.72. The van der Waals surface area contributed by atoms with Crippen molar-refractivity contribution in [2.24, 2.45) is 5.92 Å². The Morgan fingerprint density at radius 2 is 2.17 bits per heavy atom. The van der Waals surface area contributed by atoms with Crippen molar-refractivity contribution in [2.75, 3.05) is 19.6 Å². The van der Waals surface area contributed by atoms with E-state index in [0.717, 1.165) is 5.92 Å². The van der Waals surface area contributed by atoms with Crippen LogP contribution in [0.4, 0.5) is 0 Å². The van der Waals surface area contributed by atoms with Gasteiger partial charge >= 0.3 is 0 Å². The fourth-order valence-electron chi connectivity index (χ4n) is 1.57. The zero-order valence-corrected chi connectivity index (χ0v) is 3.91. The van der Waals surface area contributed by atoms with E-state index in [-0.39, 0.29) is 0 Å². The zero-order valence-electron chi connectivity index (χ0n) is 3.91. The fraction of sp³-hybridized carbons (Fsp3) is 1.00. The normalized spacial score (nSPS) is 52.0. The molecule has 0 spiro atoms. The van der Waals surface area contributed by atoms with Gasteiger partial charge in [-0.1, -0.05) is 0 Å². The molecule has 1 N–H and O–H groups in total. The second-order valence-electron chi connectivity index (χ2n) is 2.56. The highest BCUT2D eigenvalue weighted by Crippen LogP contribution is 2.08. The first kappa shape index (κ1) is 3.03. The molecule has 0 aromatic carbocycles. The summed E-state index contributed by atoms with van der Waals surface area (Å²) in [6, 6.07) is 0. The highest BCUT2D eigenvalue weighted by Gasteiger charge is 2.38. The molecule has 0 unspecified atom stereocenters. The highest BCUT2D eigenvalue weighted by molar-refractivity contribution is 4.69. The monoisotopic (exact) mass is 84.1 g/mol. The lowest BCUT2D eigenvalue weighted by molar-refractivity contribution is -0.923. The maximum atomic E-state index is 1.85. The predicted octanol–water partition coefficient (Wildman–Crippen LogP) is -1.10. The van der Waals surface area contributed by atoms with Crippen LogP contribution in [0.15, 0.2) is 0 Å². The Labute approximate surface area is 37.9 Å². The molecule has 1 nitrogen and oxygen atoms in total. The Balaban J connectivity index is 2.16. The van der Waals surface area contributed by atoms with E-state index in [9.17, 15) is 0 Å². The molecule has 3 heterocycles. The molecule has 34 valence electrons. The van der Waals surface area contributed by atoms with Crippen LogP contribution in [0, 0.1) is 5.92 Å². The van der Waals surface area contributed by atoms with Crippen LogP contribution in [0.1, 0.15) is 6.42 Å². The topological polar surface area (TPSA) is 4.44 Å². The number of fused-ring (bicyclic) bond motifs is 1. The molecule has 0 aromatic rings. The summed E-state index contributed by atoms with van der Waals surface area (Å²) in [5.74, 6) is 1.15. The second-order valence-corrected chi connectivity index (χ2v) is 2.56. The van der Waals surface area contributed by atoms with E-state index >= 15 is 0 Å². The van der Waals surface area contributed by atoms with Crippen molar-refractivity contribution in [2.45, 2.75) is 6.42 Å². The third-order valence-electron chi connectivity index (χ3n) is 2.06. The van der Waals surface area contributed by atoms with E-state index in [1.807, 2.05) is 4.90 Å². The van der Waals surface area contributed by atoms with Gasteiger partial charge in [-0.05, 0) is 0 Å². The molecule has 0 amide bonds. The Morgan fingerprint density at radius 3 is 2.33 bits per heavy atom. The maximum Gasteiger partial charge on any atom is 0.0856 e. The van der Waals surface area contributed by atoms with Crippen LogP contribution in [0.5, 0.6) is 0 Å². The molecule has 2 bridgehead atoms. The average molecular weight is 84.1 g/mol. The minimum absolute atomic E-state index is 1.15. The summed E-state index contributed by atoms with van der Waals surface area (Å²) in [6.45, 7) is 4.48. The fourth-order valence-corrected chi connectivity index (χ4v) is 1.57. The third-order valence-corrected chi connectivity index (χ3v) is 2.06. The zero-order chi connectivity index (χ0) is 3.98. The maximum absolute atomic E-state index is 1.85. The van der Waals surface area contributed by atoms with Crippen molar-refractivity contribution < 1.29 is 4.90 Å². The largest absolute Gasteiger partial charge is 0.334 e. The molecule has 3 aliphatic heterocycles. The standard InChI is InChI=1S/C5H9N/c1-2-6-3-5(1)4-6/h5H,1-4H2/p+1. The van der Waals surface area contributed by atoms with E-state index in [1.165, 1.54) is 26.1 Å². The van der Waals surface area contributed by atoms with Gasteiger partial charge in [0.2, 0.25) is 0 Å². The van der Waals surface area contributed by atoms with Gasteiger partial charge in [-0.3, -0.25) is 0 Å². The van der Waals surface area contributed by atoms with E-state index < -0.39 is 0 Å². The van der Waals surface area contributed by atoms with Crippen LogP contribution < -0.4 is 4.90 Å². The van der Waals surface area contributed by atoms with Gasteiger partial charge in [-0.25, -0.2) is 0 Å². The number of hydrogen-bond acceptors (Lipinski definition) is 0. The minimum atomic E-state index is 1.15. The summed E-state index contributed by atoms with van der Waals surface area (Å²) in [5, 5.41) is 0. The van der Waals surface area contributed by atoms with Crippen molar-refractivity contribution in [3.63, 3.8) is 0 Å². The Kier molecular flexibility index (Phi) is 0.396. The number of hydrogen-bond donors (Lipinski definition) is 1. The second kappa shape index (κ2) is 0.784. The summed E-state index contributed by atoms with van der Waals surface area (Å²) in [4.78, 5) is 1.85. The van der Waals surface area contributed by atoms with Crippen LogP contribution >= 0.6 is 0 Å². The lowest BCUT2D eigenvalue weighted by Gasteiger charge is -2.21. The molecule has 3 saturated heterocycles. The third kappa shape index (κ3) is 0.207. The van der Waals surface area contributed by atoms with Gasteiger partial charge in [0.05, 0.1) is 25.6 Å². The van der Waals surface area contributed by atoms with Gasteiger partial charge < -0.3 is 4.90 Å². The van der Waals surface area contributed by atoms with Crippen molar-refractivity contribution in [3.05, 3.63) is 0 Å². The first-order valence-corrected chi connectivity index (χ1v) is 2.79. The molecule has 3 rings (SSSR count). The van der Waals surface area contributed by atoms with Crippen LogP contribution in [-0.2, 0) is 0 Å². The van der Waals surface area contributed by atoms with Gasteiger partial charge in [-0.15, -0.1) is 0 Å². The molecule has 6 heavy (non-hydrogen) atoms. The van der Waals surface area contributed by atoms with Crippen molar-refractivity contribution >= 4 is 0 Å². The molecular weight excluding hydrogens is 74.1 g/mol. The van der Waals surface area contributed by atoms with Crippen LogP contribution in [0.2, 0.25) is 0 Å². The Hall–Kier alpha value is -0.0400. The van der Waals surface area contributed by atoms with Crippen LogP contribution in [-0.4, -0.2) is 19.6 Å². The lowest BCUT2D eigenvalue weighted by Crippen LogP contribution is -3.15. The quantitative estimate of drug-likeness (QED) is 0.380. The lowest BCUT2D eigenvalue weighted by atomic mass is 10.1. The summed E-state index contributed by atoms with van der Waals surface area (Å²) < 4.78 is 0. The number of nitrogens with one attached hydrogen (secondary N) is 1. The van der Waals surface area contributed by atoms with Crippen LogP contribution in [0.25, 0.3) is 0 Å². The van der Waals surface area contributed by atoms with E-state index in [0.29, 0.717) is 0 Å². The first-order valence-electron chi connectivity index (χ1n) is 2.79. The van der Waals surface area contributed by atoms with Gasteiger partial charge in [0.15, 0.2) is 0 Å². The van der Waals surface area contributed by atoms with E-state index in [4.69, 9.17) is 0 Å². The Morgan fingerprint density at radius 1 is 1.33 bits per heavy atom. The van der Waals surface area contributed by atoms with Crippen molar-refractivity contribution in [3.8, 4) is 0 Å². The molecule has 3 fully saturated rings. The smallest absolute Gasteiger partial charge is 0.0856 e. The predicted molar refractivity (Wildman–Crippen MR) is 23.7 cm³/mol. The first-order chi connectivity index (χ1) is 2.95. The Bertz CT molecular complexity index is 50.8. The minimum Gasteiger partial charge on any atom is -0.334 e. The van der Waals surface area contributed by atoms with Crippen molar-refractivity contribution in [1.82, 2.24) is 0 Å². The van der Waals surface area contributed by atoms with Gasteiger partial charge in [0.25, 0.3) is 0 Å². The SMILES string of the molecule is C1C[NH+]2CC1C2. The number of rotatable bonds is 0. The van der Waals surface area contributed by atoms with Crippen molar-refractivity contribution in [1.29, 1.82) is 0 Å². The molecule has 1 heteroatoms. The summed E-state index contributed by atoms with van der Waals surface area (Å²) in [5.41, 5.74) is 0. The summed E-state index contributed by atoms with van der Waals surface area (Å²) >= 11 is 0. The molecule has 0 aliphatic carbocycles. The van der Waals surface area contributed by atoms with Gasteiger partial charge in [0.1, 0.15) is 0 Å². The van der Waals surface area contributed by atoms with E-state index in [2.05, 4.69) is 0 Å². The highest BCUT2D eigenvalue weighted by atomic mass is 15.2. The molecule has 3 aliphatic rings. The molecule has 0 radical (unpaired) electrons. The number of quaternary nitrogens is 1. The molecule has 0 saturated carbocycles. The summed E-state index contributed by atoms with van der Waals surface area (Å²) in [6.07, 6.45) is 1.52. The van der Waals surface area contributed by atoms with E-state index in [1.54, 1.807) is 0 Å². The molecule has 0 aromatic heterocycles. The van der Waals surface area contributed by atoms with Gasteiger partial charge in [0, 0.05) is 6.42 Å². The van der Waals surface area contributed by atoms with Crippen LogP contribution in [0.3, 0.4) is 0 Å². The molecular formula is C5H10N+.